The van der Waals surface area contributed by atoms with E-state index in [9.17, 15) is 4.79 Å². The average Bonchev–Trinajstić information content (AvgIpc) is 2.50. The number of hydrogen-bond acceptors (Lipinski definition) is 4. The number of amides is 1. The van der Waals surface area contributed by atoms with Gasteiger partial charge in [-0.2, -0.15) is 5.26 Å². The van der Waals surface area contributed by atoms with E-state index >= 15 is 0 Å². The molecule has 0 aliphatic rings. The van der Waals surface area contributed by atoms with Gasteiger partial charge < -0.3 is 14.8 Å². The molecular formula is C17H17ClN2O3. The van der Waals surface area contributed by atoms with Gasteiger partial charge in [0.15, 0.2) is 11.5 Å². The summed E-state index contributed by atoms with van der Waals surface area (Å²) in [6.07, 6.45) is 6.58. The van der Waals surface area contributed by atoms with Crippen molar-refractivity contribution in [1.29, 1.82) is 5.26 Å². The number of hydrogen-bond donors (Lipinski definition) is 1. The molecule has 6 heteroatoms. The zero-order chi connectivity index (χ0) is 17.4. The first-order valence-corrected chi connectivity index (χ1v) is 7.17. The highest BCUT2D eigenvalue weighted by atomic mass is 35.5. The summed E-state index contributed by atoms with van der Waals surface area (Å²) in [5.74, 6) is 2.56. The molecule has 0 fully saturated rings. The molecule has 23 heavy (non-hydrogen) atoms. The van der Waals surface area contributed by atoms with Crippen LogP contribution in [0.25, 0.3) is 6.08 Å². The van der Waals surface area contributed by atoms with Crippen LogP contribution in [0.3, 0.4) is 0 Å². The van der Waals surface area contributed by atoms with Gasteiger partial charge >= 0.3 is 0 Å². The van der Waals surface area contributed by atoms with E-state index in [2.05, 4.69) is 11.2 Å². The summed E-state index contributed by atoms with van der Waals surface area (Å²) in [5.41, 5.74) is 0.504. The first-order valence-electron chi connectivity index (χ1n) is 6.79. The van der Waals surface area contributed by atoms with Crippen molar-refractivity contribution < 1.29 is 14.3 Å². The first kappa shape index (κ1) is 18.4. The standard InChI is InChI=1S/C17H17ClN2O3/c1-5-6-23-16-14(18)8-12(9-15(16)22-4)7-13(10-19)17(21)20-11(2)3/h1,7-9,11H,6H2,2-4H3,(H,20,21). The Labute approximate surface area is 140 Å². The van der Waals surface area contributed by atoms with E-state index in [1.807, 2.05) is 19.9 Å². The van der Waals surface area contributed by atoms with Crippen LogP contribution in [0.4, 0.5) is 0 Å². The second-order valence-electron chi connectivity index (χ2n) is 4.82. The van der Waals surface area contributed by atoms with Crippen LogP contribution in [0.5, 0.6) is 11.5 Å². The highest BCUT2D eigenvalue weighted by Gasteiger charge is 2.14. The van der Waals surface area contributed by atoms with Gasteiger partial charge in [0.1, 0.15) is 18.2 Å². The third-order valence-corrected chi connectivity index (χ3v) is 2.93. The molecule has 1 aromatic carbocycles. The largest absolute Gasteiger partial charge is 0.493 e. The number of methoxy groups -OCH3 is 1. The molecule has 1 N–H and O–H groups in total. The molecule has 1 amide bonds. The number of benzene rings is 1. The van der Waals surface area contributed by atoms with Gasteiger partial charge in [-0.15, -0.1) is 6.42 Å². The maximum atomic E-state index is 11.9. The molecule has 0 saturated heterocycles. The van der Waals surface area contributed by atoms with Gasteiger partial charge in [0.2, 0.25) is 0 Å². The number of nitrogens with one attached hydrogen (secondary N) is 1. The van der Waals surface area contributed by atoms with Crippen molar-refractivity contribution in [2.45, 2.75) is 19.9 Å². The lowest BCUT2D eigenvalue weighted by atomic mass is 10.1. The average molecular weight is 333 g/mol. The number of nitrogens with zero attached hydrogens (tertiary/aromatic N) is 1. The molecule has 0 aliphatic heterocycles. The Kier molecular flexibility index (Phi) is 6.99. The smallest absolute Gasteiger partial charge is 0.262 e. The van der Waals surface area contributed by atoms with Crippen molar-refractivity contribution in [2.75, 3.05) is 13.7 Å². The topological polar surface area (TPSA) is 71.3 Å². The Bertz CT molecular complexity index is 697. The fourth-order valence-electron chi connectivity index (χ4n) is 1.73. The number of nitriles is 1. The minimum Gasteiger partial charge on any atom is -0.493 e. The van der Waals surface area contributed by atoms with E-state index < -0.39 is 5.91 Å². The zero-order valence-electron chi connectivity index (χ0n) is 13.1. The maximum Gasteiger partial charge on any atom is 0.262 e. The first-order chi connectivity index (χ1) is 10.9. The second kappa shape index (κ2) is 8.73. The van der Waals surface area contributed by atoms with Gasteiger partial charge in [-0.25, -0.2) is 0 Å². The molecule has 0 aromatic heterocycles. The number of ether oxygens (including phenoxy) is 2. The highest BCUT2D eigenvalue weighted by Crippen LogP contribution is 2.36. The van der Waals surface area contributed by atoms with Crippen LogP contribution in [0.2, 0.25) is 5.02 Å². The van der Waals surface area contributed by atoms with Crippen LogP contribution in [0.1, 0.15) is 19.4 Å². The van der Waals surface area contributed by atoms with Crippen molar-refractivity contribution >= 4 is 23.6 Å². The van der Waals surface area contributed by atoms with E-state index in [-0.39, 0.29) is 23.2 Å². The number of carbonyl (C=O) groups excluding carboxylic acids is 1. The van der Waals surface area contributed by atoms with Crippen molar-refractivity contribution in [3.05, 3.63) is 28.3 Å². The van der Waals surface area contributed by atoms with Gasteiger partial charge in [0, 0.05) is 6.04 Å². The van der Waals surface area contributed by atoms with Crippen molar-refractivity contribution in [3.8, 4) is 29.9 Å². The summed E-state index contributed by atoms with van der Waals surface area (Å²) < 4.78 is 10.5. The molecule has 0 spiro atoms. The van der Waals surface area contributed by atoms with E-state index in [1.165, 1.54) is 13.2 Å². The Morgan fingerprint density at radius 1 is 1.52 bits per heavy atom. The Balaban J connectivity index is 3.21. The minimum absolute atomic E-state index is 0.0332. The molecular weight excluding hydrogens is 316 g/mol. The molecule has 0 saturated carbocycles. The normalized spacial score (nSPS) is 10.7. The summed E-state index contributed by atoms with van der Waals surface area (Å²) in [4.78, 5) is 11.9. The van der Waals surface area contributed by atoms with E-state index in [0.29, 0.717) is 17.1 Å². The van der Waals surface area contributed by atoms with E-state index in [0.717, 1.165) is 0 Å². The minimum atomic E-state index is -0.453. The highest BCUT2D eigenvalue weighted by molar-refractivity contribution is 6.32. The lowest BCUT2D eigenvalue weighted by Gasteiger charge is -2.12. The van der Waals surface area contributed by atoms with Gasteiger partial charge in [-0.05, 0) is 37.6 Å². The lowest BCUT2D eigenvalue weighted by molar-refractivity contribution is -0.117. The molecule has 5 nitrogen and oxygen atoms in total. The SMILES string of the molecule is C#CCOc1c(Cl)cc(C=C(C#N)C(=O)NC(C)C)cc1OC. The zero-order valence-corrected chi connectivity index (χ0v) is 13.9. The third kappa shape index (κ3) is 5.25. The molecule has 0 unspecified atom stereocenters. The van der Waals surface area contributed by atoms with Crippen LogP contribution in [0.15, 0.2) is 17.7 Å². The van der Waals surface area contributed by atoms with Gasteiger partial charge in [0.05, 0.1) is 12.1 Å². The molecule has 0 bridgehead atoms. The van der Waals surface area contributed by atoms with E-state index in [4.69, 9.17) is 32.8 Å². The molecule has 0 radical (unpaired) electrons. The maximum absolute atomic E-state index is 11.9. The second-order valence-corrected chi connectivity index (χ2v) is 5.23. The molecule has 1 rings (SSSR count). The summed E-state index contributed by atoms with van der Waals surface area (Å²) in [6.45, 7) is 3.67. The fraction of sp³-hybridized carbons (Fsp3) is 0.294. The Morgan fingerprint density at radius 2 is 2.22 bits per heavy atom. The van der Waals surface area contributed by atoms with Crippen molar-refractivity contribution in [1.82, 2.24) is 5.32 Å². The number of rotatable bonds is 6. The number of terminal acetylenes is 1. The van der Waals surface area contributed by atoms with Crippen molar-refractivity contribution in [3.63, 3.8) is 0 Å². The summed E-state index contributed by atoms with van der Waals surface area (Å²) >= 11 is 6.15. The number of halogens is 1. The molecule has 0 atom stereocenters. The van der Waals surface area contributed by atoms with Gasteiger partial charge in [-0.3, -0.25) is 4.79 Å². The Morgan fingerprint density at radius 3 is 2.74 bits per heavy atom. The monoisotopic (exact) mass is 332 g/mol. The van der Waals surface area contributed by atoms with Crippen molar-refractivity contribution in [2.24, 2.45) is 0 Å². The van der Waals surface area contributed by atoms with Crippen LogP contribution in [-0.4, -0.2) is 25.7 Å². The lowest BCUT2D eigenvalue weighted by Crippen LogP contribution is -2.30. The molecule has 0 aliphatic carbocycles. The summed E-state index contributed by atoms with van der Waals surface area (Å²) in [5, 5.41) is 12.1. The summed E-state index contributed by atoms with van der Waals surface area (Å²) in [7, 11) is 1.46. The number of carbonyl (C=O) groups is 1. The molecule has 120 valence electrons. The van der Waals surface area contributed by atoms with Crippen LogP contribution >= 0.6 is 11.6 Å². The van der Waals surface area contributed by atoms with Gasteiger partial charge in [0.25, 0.3) is 5.91 Å². The Hall–Kier alpha value is -2.63. The predicted octanol–water partition coefficient (Wildman–Crippen LogP) is 2.79. The van der Waals surface area contributed by atoms with Crippen LogP contribution in [0, 0.1) is 23.7 Å². The molecule has 1 aromatic rings. The van der Waals surface area contributed by atoms with Gasteiger partial charge in [-0.1, -0.05) is 17.5 Å². The summed E-state index contributed by atoms with van der Waals surface area (Å²) in [6, 6.07) is 4.97. The predicted molar refractivity (Wildman–Crippen MR) is 89.2 cm³/mol. The van der Waals surface area contributed by atoms with Crippen LogP contribution in [-0.2, 0) is 4.79 Å². The van der Waals surface area contributed by atoms with E-state index in [1.54, 1.807) is 12.1 Å². The third-order valence-electron chi connectivity index (χ3n) is 2.65. The van der Waals surface area contributed by atoms with Crippen LogP contribution < -0.4 is 14.8 Å². The fourth-order valence-corrected chi connectivity index (χ4v) is 2.01. The quantitative estimate of drug-likeness (QED) is 0.494. The molecule has 0 heterocycles.